The zero-order valence-corrected chi connectivity index (χ0v) is 10.8. The Morgan fingerprint density at radius 1 is 1.31 bits per heavy atom. The molecule has 0 radical (unpaired) electrons. The molecule has 16 heavy (non-hydrogen) atoms. The van der Waals surface area contributed by atoms with Crippen LogP contribution in [0.15, 0.2) is 12.2 Å². The van der Waals surface area contributed by atoms with E-state index in [-0.39, 0.29) is 5.41 Å². The minimum Gasteiger partial charge on any atom is -0.298 e. The Morgan fingerprint density at radius 2 is 2.00 bits per heavy atom. The topological polar surface area (TPSA) is 17.1 Å². The van der Waals surface area contributed by atoms with Crippen molar-refractivity contribution in [1.82, 2.24) is 0 Å². The summed E-state index contributed by atoms with van der Waals surface area (Å²) in [6, 6.07) is 0. The van der Waals surface area contributed by atoms with E-state index in [9.17, 15) is 4.79 Å². The highest BCUT2D eigenvalue weighted by Crippen LogP contribution is 2.66. The van der Waals surface area contributed by atoms with Crippen molar-refractivity contribution in [1.29, 1.82) is 0 Å². The standard InChI is InChI=1S/C15H22O/c1-9(2)10-7-12-14(3)5-6-15(12,4)13(16)11(10)8-14/h5-6,9-12H,7-8H2,1-4H3/t10-,11+,12+,14-,15-/m0/s1. The van der Waals surface area contributed by atoms with Crippen LogP contribution in [0.4, 0.5) is 0 Å². The molecule has 88 valence electrons. The molecule has 1 heteroatoms. The molecular weight excluding hydrogens is 196 g/mol. The number of rotatable bonds is 1. The Bertz CT molecular complexity index is 381. The lowest BCUT2D eigenvalue weighted by molar-refractivity contribution is -0.154. The third kappa shape index (κ3) is 1.00. The van der Waals surface area contributed by atoms with Crippen LogP contribution in [-0.2, 0) is 4.79 Å². The molecule has 0 spiro atoms. The molecule has 0 N–H and O–H groups in total. The fourth-order valence-electron chi connectivity index (χ4n) is 4.74. The number of Topliss-reactive ketones (excluding diaryl/α,β-unsaturated/α-hetero) is 1. The molecule has 0 unspecified atom stereocenters. The van der Waals surface area contributed by atoms with Crippen molar-refractivity contribution >= 4 is 5.78 Å². The summed E-state index contributed by atoms with van der Waals surface area (Å²) in [5.74, 6) is 2.73. The third-order valence-electron chi connectivity index (χ3n) is 5.74. The maximum absolute atomic E-state index is 12.6. The zero-order chi connectivity index (χ0) is 11.7. The SMILES string of the molecule is CC(C)[C@@H]1C[C@@H]2[C@@]3(C)C=C[C@]2(C)C(=O)[C@@H]1C3. The van der Waals surface area contributed by atoms with Crippen LogP contribution in [0.3, 0.4) is 0 Å². The fourth-order valence-corrected chi connectivity index (χ4v) is 4.74. The maximum atomic E-state index is 12.6. The Labute approximate surface area is 98.3 Å². The average molecular weight is 218 g/mol. The summed E-state index contributed by atoms with van der Waals surface area (Å²) in [6.45, 7) is 9.08. The van der Waals surface area contributed by atoms with E-state index in [4.69, 9.17) is 0 Å². The summed E-state index contributed by atoms with van der Waals surface area (Å²) in [7, 11) is 0. The van der Waals surface area contributed by atoms with E-state index in [1.165, 1.54) is 6.42 Å². The first-order valence-corrected chi connectivity index (χ1v) is 6.63. The number of carbonyl (C=O) groups excluding carboxylic acids is 1. The Balaban J connectivity index is 2.05. The summed E-state index contributed by atoms with van der Waals surface area (Å²) in [6.07, 6.45) is 6.92. The van der Waals surface area contributed by atoms with Gasteiger partial charge in [-0.25, -0.2) is 0 Å². The number of hydrogen-bond donors (Lipinski definition) is 0. The molecule has 4 rings (SSSR count). The Kier molecular flexibility index (Phi) is 1.85. The predicted octanol–water partition coefficient (Wildman–Crippen LogP) is 3.45. The number of fused-ring (bicyclic) bond motifs is 1. The van der Waals surface area contributed by atoms with Gasteiger partial charge in [-0.1, -0.05) is 32.9 Å². The van der Waals surface area contributed by atoms with Crippen LogP contribution in [0.5, 0.6) is 0 Å². The van der Waals surface area contributed by atoms with Gasteiger partial charge in [-0.2, -0.15) is 0 Å². The maximum Gasteiger partial charge on any atom is 0.146 e. The number of ketones is 1. The smallest absolute Gasteiger partial charge is 0.146 e. The highest BCUT2D eigenvalue weighted by Gasteiger charge is 2.64. The van der Waals surface area contributed by atoms with Gasteiger partial charge in [-0.05, 0) is 42.9 Å². The van der Waals surface area contributed by atoms with Crippen molar-refractivity contribution in [3.05, 3.63) is 12.2 Å². The van der Waals surface area contributed by atoms with Crippen LogP contribution in [0.25, 0.3) is 0 Å². The minimum absolute atomic E-state index is 0.122. The van der Waals surface area contributed by atoms with E-state index < -0.39 is 0 Å². The molecule has 0 aliphatic heterocycles. The Hall–Kier alpha value is -0.590. The van der Waals surface area contributed by atoms with Crippen LogP contribution in [-0.4, -0.2) is 5.78 Å². The van der Waals surface area contributed by atoms with Crippen LogP contribution >= 0.6 is 0 Å². The Morgan fingerprint density at radius 3 is 2.62 bits per heavy atom. The molecule has 0 aromatic heterocycles. The molecule has 4 aliphatic rings. The number of allylic oxidation sites excluding steroid dienone is 2. The van der Waals surface area contributed by atoms with Crippen molar-refractivity contribution in [2.24, 2.45) is 34.5 Å². The molecule has 0 aromatic carbocycles. The van der Waals surface area contributed by atoms with E-state index >= 15 is 0 Å². The summed E-state index contributed by atoms with van der Waals surface area (Å²) in [5.41, 5.74) is 0.196. The van der Waals surface area contributed by atoms with Gasteiger partial charge in [0.2, 0.25) is 0 Å². The summed E-state index contributed by atoms with van der Waals surface area (Å²) in [5, 5.41) is 0. The molecule has 0 amide bonds. The van der Waals surface area contributed by atoms with Crippen molar-refractivity contribution in [3.63, 3.8) is 0 Å². The number of hydrogen-bond acceptors (Lipinski definition) is 1. The second-order valence-corrected chi connectivity index (χ2v) is 6.99. The van der Waals surface area contributed by atoms with Crippen molar-refractivity contribution in [3.8, 4) is 0 Å². The highest BCUT2D eigenvalue weighted by molar-refractivity contribution is 5.92. The lowest BCUT2D eigenvalue weighted by Gasteiger charge is -2.56. The van der Waals surface area contributed by atoms with Crippen LogP contribution < -0.4 is 0 Å². The molecular formula is C15H22O. The van der Waals surface area contributed by atoms with Crippen LogP contribution in [0, 0.1) is 34.5 Å². The molecule has 1 nitrogen and oxygen atoms in total. The van der Waals surface area contributed by atoms with Gasteiger partial charge in [-0.15, -0.1) is 0 Å². The van der Waals surface area contributed by atoms with Gasteiger partial charge in [0.15, 0.2) is 0 Å². The molecule has 0 heterocycles. The normalized spacial score (nSPS) is 54.1. The van der Waals surface area contributed by atoms with Crippen molar-refractivity contribution in [2.45, 2.75) is 40.5 Å². The molecule has 0 saturated heterocycles. The highest BCUT2D eigenvalue weighted by atomic mass is 16.1. The summed E-state index contributed by atoms with van der Waals surface area (Å²) in [4.78, 5) is 12.6. The fraction of sp³-hybridized carbons (Fsp3) is 0.800. The first-order chi connectivity index (χ1) is 7.38. The first-order valence-electron chi connectivity index (χ1n) is 6.63. The monoisotopic (exact) mass is 218 g/mol. The number of carbonyl (C=O) groups is 1. The minimum atomic E-state index is -0.122. The van der Waals surface area contributed by atoms with Crippen molar-refractivity contribution < 1.29 is 4.79 Å². The van der Waals surface area contributed by atoms with Crippen LogP contribution in [0.1, 0.15) is 40.5 Å². The molecule has 5 atom stereocenters. The zero-order valence-electron chi connectivity index (χ0n) is 10.8. The predicted molar refractivity (Wildman–Crippen MR) is 64.9 cm³/mol. The van der Waals surface area contributed by atoms with E-state index in [0.717, 1.165) is 6.42 Å². The van der Waals surface area contributed by atoms with Gasteiger partial charge in [0.1, 0.15) is 5.78 Å². The van der Waals surface area contributed by atoms with E-state index in [1.54, 1.807) is 0 Å². The molecule has 4 bridgehead atoms. The second kappa shape index (κ2) is 2.80. The van der Waals surface area contributed by atoms with Crippen molar-refractivity contribution in [2.75, 3.05) is 0 Å². The largest absolute Gasteiger partial charge is 0.298 e. The van der Waals surface area contributed by atoms with Gasteiger partial charge < -0.3 is 0 Å². The average Bonchev–Trinajstić information content (AvgIpc) is 2.44. The van der Waals surface area contributed by atoms with E-state index in [2.05, 4.69) is 39.8 Å². The van der Waals surface area contributed by atoms with E-state index in [1.807, 2.05) is 0 Å². The lowest BCUT2D eigenvalue weighted by Crippen LogP contribution is -2.56. The van der Waals surface area contributed by atoms with Gasteiger partial charge >= 0.3 is 0 Å². The first kappa shape index (κ1) is 10.6. The molecule has 0 aromatic rings. The summed E-state index contributed by atoms with van der Waals surface area (Å²) >= 11 is 0. The van der Waals surface area contributed by atoms with Gasteiger partial charge in [0.05, 0.1) is 0 Å². The third-order valence-corrected chi connectivity index (χ3v) is 5.74. The van der Waals surface area contributed by atoms with E-state index in [0.29, 0.717) is 34.9 Å². The second-order valence-electron chi connectivity index (χ2n) is 6.99. The van der Waals surface area contributed by atoms with Gasteiger partial charge in [-0.3, -0.25) is 4.79 Å². The quantitative estimate of drug-likeness (QED) is 0.616. The molecule has 3 fully saturated rings. The van der Waals surface area contributed by atoms with Gasteiger partial charge in [0, 0.05) is 11.3 Å². The molecule has 3 saturated carbocycles. The lowest BCUT2D eigenvalue weighted by atomic mass is 9.46. The summed E-state index contributed by atoms with van der Waals surface area (Å²) < 4.78 is 0. The van der Waals surface area contributed by atoms with Gasteiger partial charge in [0.25, 0.3) is 0 Å². The molecule has 4 aliphatic carbocycles. The van der Waals surface area contributed by atoms with Crippen LogP contribution in [0.2, 0.25) is 0 Å².